The molecule has 1 aromatic heterocycles. The van der Waals surface area contributed by atoms with Crippen molar-refractivity contribution < 1.29 is 9.53 Å². The Morgan fingerprint density at radius 3 is 2.93 bits per heavy atom. The summed E-state index contributed by atoms with van der Waals surface area (Å²) in [5.74, 6) is 1.70. The van der Waals surface area contributed by atoms with Gasteiger partial charge in [-0.15, -0.1) is 0 Å². The second-order valence-corrected chi connectivity index (χ2v) is 7.22. The minimum absolute atomic E-state index is 0.0768. The number of nitrogens with one attached hydrogen (secondary N) is 1. The van der Waals surface area contributed by atoms with E-state index in [1.54, 1.807) is 7.05 Å². The van der Waals surface area contributed by atoms with Crippen LogP contribution in [0.5, 0.6) is 0 Å². The van der Waals surface area contributed by atoms with Crippen LogP contribution in [-0.2, 0) is 22.5 Å². The van der Waals surface area contributed by atoms with Crippen molar-refractivity contribution in [1.82, 2.24) is 19.8 Å². The van der Waals surface area contributed by atoms with Gasteiger partial charge < -0.3 is 19.5 Å². The lowest BCUT2D eigenvalue weighted by Crippen LogP contribution is -2.48. The Kier molecular flexibility index (Phi) is 7.67. The summed E-state index contributed by atoms with van der Waals surface area (Å²) in [6, 6.07) is 10.4. The maximum absolute atomic E-state index is 12.1. The number of nitrogens with zero attached hydrogens (tertiary/aromatic N) is 4. The number of hydrogen-bond acceptors (Lipinski definition) is 4. The first kappa shape index (κ1) is 20.9. The average molecular weight is 398 g/mol. The fourth-order valence-corrected chi connectivity index (χ4v) is 3.73. The number of hydrogen-bond donors (Lipinski definition) is 1. The molecule has 1 aromatic carbocycles. The average Bonchev–Trinajstić information content (AvgIpc) is 3.19. The highest BCUT2D eigenvalue weighted by atomic mass is 16.5. The SMILES string of the molecule is CCOC(=O)C1CCCN(C(=NC)NCCc2nccn2Cc2ccccc2)C1. The number of benzene rings is 1. The number of esters is 1. The number of imidazole rings is 1. The molecule has 1 atom stereocenters. The van der Waals surface area contributed by atoms with Crippen molar-refractivity contribution in [2.75, 3.05) is 33.3 Å². The smallest absolute Gasteiger partial charge is 0.310 e. The standard InChI is InChI=1S/C22H31N5O2/c1-3-29-21(28)19-10-7-14-27(17-19)22(23-2)25-12-11-20-24-13-15-26(20)16-18-8-5-4-6-9-18/h4-6,8-9,13,15,19H,3,7,10-12,14,16-17H2,1-2H3,(H,23,25). The van der Waals surface area contributed by atoms with Gasteiger partial charge in [-0.3, -0.25) is 9.79 Å². The van der Waals surface area contributed by atoms with E-state index in [4.69, 9.17) is 4.74 Å². The van der Waals surface area contributed by atoms with Crippen LogP contribution in [0.3, 0.4) is 0 Å². The Morgan fingerprint density at radius 1 is 1.34 bits per heavy atom. The molecule has 0 bridgehead atoms. The number of carbonyl (C=O) groups is 1. The second kappa shape index (κ2) is 10.6. The van der Waals surface area contributed by atoms with Crippen molar-refractivity contribution in [1.29, 1.82) is 0 Å². The molecule has 2 heterocycles. The van der Waals surface area contributed by atoms with E-state index < -0.39 is 0 Å². The third-order valence-electron chi connectivity index (χ3n) is 5.18. The highest BCUT2D eigenvalue weighted by molar-refractivity contribution is 5.81. The van der Waals surface area contributed by atoms with Crippen LogP contribution in [0.25, 0.3) is 0 Å². The predicted octanol–water partition coefficient (Wildman–Crippen LogP) is 2.32. The Morgan fingerprint density at radius 2 is 2.17 bits per heavy atom. The number of aromatic nitrogens is 2. The zero-order valence-corrected chi connectivity index (χ0v) is 17.4. The molecule has 1 aliphatic heterocycles. The van der Waals surface area contributed by atoms with Crippen LogP contribution in [0.2, 0.25) is 0 Å². The van der Waals surface area contributed by atoms with E-state index in [0.29, 0.717) is 13.2 Å². The summed E-state index contributed by atoms with van der Waals surface area (Å²) in [6.07, 6.45) is 6.51. The molecule has 2 aromatic rings. The molecule has 0 spiro atoms. The number of aliphatic imine (C=N–C) groups is 1. The van der Waals surface area contributed by atoms with Crippen LogP contribution in [-0.4, -0.2) is 59.7 Å². The van der Waals surface area contributed by atoms with E-state index in [1.807, 2.05) is 25.4 Å². The van der Waals surface area contributed by atoms with E-state index in [9.17, 15) is 4.79 Å². The summed E-state index contributed by atoms with van der Waals surface area (Å²) in [5, 5.41) is 3.43. The van der Waals surface area contributed by atoms with Crippen molar-refractivity contribution in [3.05, 3.63) is 54.1 Å². The summed E-state index contributed by atoms with van der Waals surface area (Å²) in [4.78, 5) is 23.2. The van der Waals surface area contributed by atoms with Gasteiger partial charge in [-0.05, 0) is 25.3 Å². The lowest BCUT2D eigenvalue weighted by Gasteiger charge is -2.33. The van der Waals surface area contributed by atoms with Crippen LogP contribution in [0.15, 0.2) is 47.7 Å². The first-order valence-corrected chi connectivity index (χ1v) is 10.4. The first-order chi connectivity index (χ1) is 14.2. The number of carbonyl (C=O) groups excluding carboxylic acids is 1. The monoisotopic (exact) mass is 397 g/mol. The molecule has 1 saturated heterocycles. The van der Waals surface area contributed by atoms with Crippen LogP contribution < -0.4 is 5.32 Å². The minimum Gasteiger partial charge on any atom is -0.466 e. The van der Waals surface area contributed by atoms with Gasteiger partial charge in [0, 0.05) is 52.0 Å². The van der Waals surface area contributed by atoms with Gasteiger partial charge in [0.15, 0.2) is 5.96 Å². The summed E-state index contributed by atoms with van der Waals surface area (Å²) in [6.45, 7) is 5.38. The maximum atomic E-state index is 12.1. The zero-order valence-electron chi connectivity index (χ0n) is 17.4. The molecule has 1 aliphatic rings. The van der Waals surface area contributed by atoms with Crippen LogP contribution in [0.4, 0.5) is 0 Å². The van der Waals surface area contributed by atoms with E-state index in [-0.39, 0.29) is 11.9 Å². The molecular weight excluding hydrogens is 366 g/mol. The van der Waals surface area contributed by atoms with Gasteiger partial charge in [0.2, 0.25) is 0 Å². The fraction of sp³-hybridized carbons (Fsp3) is 0.500. The van der Waals surface area contributed by atoms with Gasteiger partial charge in [0.25, 0.3) is 0 Å². The third kappa shape index (κ3) is 5.82. The molecule has 0 aliphatic carbocycles. The summed E-state index contributed by atoms with van der Waals surface area (Å²) >= 11 is 0. The molecular formula is C22H31N5O2. The predicted molar refractivity (Wildman–Crippen MR) is 114 cm³/mol. The van der Waals surface area contributed by atoms with Crippen LogP contribution in [0.1, 0.15) is 31.2 Å². The second-order valence-electron chi connectivity index (χ2n) is 7.22. The molecule has 29 heavy (non-hydrogen) atoms. The lowest BCUT2D eigenvalue weighted by atomic mass is 9.98. The molecule has 7 heteroatoms. The number of ether oxygens (including phenoxy) is 1. The number of piperidine rings is 1. The van der Waals surface area contributed by atoms with Gasteiger partial charge in [-0.1, -0.05) is 30.3 Å². The minimum atomic E-state index is -0.101. The Labute approximate surface area is 172 Å². The largest absolute Gasteiger partial charge is 0.466 e. The number of guanidine groups is 1. The molecule has 0 radical (unpaired) electrons. The zero-order chi connectivity index (χ0) is 20.5. The molecule has 156 valence electrons. The summed E-state index contributed by atoms with van der Waals surface area (Å²) in [7, 11) is 1.78. The Balaban J connectivity index is 1.52. The van der Waals surface area contributed by atoms with E-state index in [0.717, 1.165) is 50.7 Å². The Bertz CT molecular complexity index is 803. The van der Waals surface area contributed by atoms with Crippen LogP contribution in [0, 0.1) is 5.92 Å². The van der Waals surface area contributed by atoms with Crippen molar-refractivity contribution in [2.24, 2.45) is 10.9 Å². The van der Waals surface area contributed by atoms with Gasteiger partial charge in [0.1, 0.15) is 5.82 Å². The normalized spacial score (nSPS) is 17.2. The van der Waals surface area contributed by atoms with Crippen LogP contribution >= 0.6 is 0 Å². The van der Waals surface area contributed by atoms with Crippen molar-refractivity contribution in [3.8, 4) is 0 Å². The number of rotatable bonds is 7. The molecule has 0 saturated carbocycles. The number of likely N-dealkylation sites (tertiary alicyclic amines) is 1. The molecule has 1 fully saturated rings. The molecule has 0 amide bonds. The summed E-state index contributed by atoms with van der Waals surface area (Å²) < 4.78 is 7.38. The maximum Gasteiger partial charge on any atom is 0.310 e. The quantitative estimate of drug-likeness (QED) is 0.441. The van der Waals surface area contributed by atoms with E-state index in [2.05, 4.69) is 49.0 Å². The highest BCUT2D eigenvalue weighted by Gasteiger charge is 2.28. The first-order valence-electron chi connectivity index (χ1n) is 10.4. The van der Waals surface area contributed by atoms with Crippen molar-refractivity contribution in [3.63, 3.8) is 0 Å². The topological polar surface area (TPSA) is 71.8 Å². The molecule has 7 nitrogen and oxygen atoms in total. The van der Waals surface area contributed by atoms with E-state index in [1.165, 1.54) is 5.56 Å². The summed E-state index contributed by atoms with van der Waals surface area (Å²) in [5.41, 5.74) is 1.26. The molecule has 1 unspecified atom stereocenters. The van der Waals surface area contributed by atoms with Gasteiger partial charge in [-0.25, -0.2) is 4.98 Å². The lowest BCUT2D eigenvalue weighted by molar-refractivity contribution is -0.149. The van der Waals surface area contributed by atoms with Gasteiger partial charge in [0.05, 0.1) is 12.5 Å². The fourth-order valence-electron chi connectivity index (χ4n) is 3.73. The van der Waals surface area contributed by atoms with Crippen molar-refractivity contribution >= 4 is 11.9 Å². The van der Waals surface area contributed by atoms with Crippen molar-refractivity contribution in [2.45, 2.75) is 32.7 Å². The van der Waals surface area contributed by atoms with E-state index >= 15 is 0 Å². The highest BCUT2D eigenvalue weighted by Crippen LogP contribution is 2.18. The molecule has 1 N–H and O–H groups in total. The molecule has 3 rings (SSSR count). The Hall–Kier alpha value is -2.83. The van der Waals surface area contributed by atoms with Gasteiger partial charge in [-0.2, -0.15) is 0 Å². The van der Waals surface area contributed by atoms with Gasteiger partial charge >= 0.3 is 5.97 Å². The third-order valence-corrected chi connectivity index (χ3v) is 5.18.